The molecule has 0 saturated heterocycles. The summed E-state index contributed by atoms with van der Waals surface area (Å²) in [6.45, 7) is 1.07. The Labute approximate surface area is 120 Å². The smallest absolute Gasteiger partial charge is 0.220 e. The van der Waals surface area contributed by atoms with E-state index in [1.807, 2.05) is 24.3 Å². The molecule has 1 aromatic carbocycles. The molecule has 0 unspecified atom stereocenters. The first kappa shape index (κ1) is 14.9. The Hall–Kier alpha value is -1.55. The molecule has 0 aliphatic heterocycles. The van der Waals surface area contributed by atoms with E-state index < -0.39 is 0 Å². The lowest BCUT2D eigenvalue weighted by molar-refractivity contribution is -0.121. The Bertz CT molecular complexity index is 428. The van der Waals surface area contributed by atoms with Crippen molar-refractivity contribution in [1.82, 2.24) is 5.32 Å². The zero-order chi connectivity index (χ0) is 14.2. The van der Waals surface area contributed by atoms with Crippen molar-refractivity contribution in [2.45, 2.75) is 51.2 Å². The van der Waals surface area contributed by atoms with Crippen molar-refractivity contribution < 1.29 is 9.53 Å². The van der Waals surface area contributed by atoms with Gasteiger partial charge in [0.2, 0.25) is 5.91 Å². The second kappa shape index (κ2) is 7.90. The highest BCUT2D eigenvalue weighted by atomic mass is 16.5. The van der Waals surface area contributed by atoms with Gasteiger partial charge in [-0.05, 0) is 44.7 Å². The van der Waals surface area contributed by atoms with Crippen molar-refractivity contribution in [3.05, 3.63) is 29.8 Å². The van der Waals surface area contributed by atoms with Crippen molar-refractivity contribution in [2.24, 2.45) is 5.73 Å². The minimum Gasteiger partial charge on any atom is -0.490 e. The summed E-state index contributed by atoms with van der Waals surface area (Å²) < 4.78 is 6.05. The number of hydrogen-bond acceptors (Lipinski definition) is 3. The molecule has 4 heteroatoms. The minimum absolute atomic E-state index is 0.0473. The molecule has 0 radical (unpaired) electrons. The SMILES string of the molecule is NCCCC(=O)NCc1ccccc1OC1CCCC1. The molecule has 1 amide bonds. The first-order chi connectivity index (χ1) is 9.79. The van der Waals surface area contributed by atoms with Crippen LogP contribution in [0.1, 0.15) is 44.1 Å². The number of rotatable bonds is 7. The molecule has 20 heavy (non-hydrogen) atoms. The maximum atomic E-state index is 11.6. The normalized spacial score (nSPS) is 15.2. The number of carbonyl (C=O) groups is 1. The standard InChI is InChI=1S/C16H24N2O2/c17-11-5-10-16(19)18-12-13-6-1-4-9-15(13)20-14-7-2-3-8-14/h1,4,6,9,14H,2-3,5,7-8,10-12,17H2,(H,18,19). The molecule has 3 N–H and O–H groups in total. The van der Waals surface area contributed by atoms with Crippen molar-refractivity contribution in [2.75, 3.05) is 6.54 Å². The van der Waals surface area contributed by atoms with Gasteiger partial charge in [-0.3, -0.25) is 4.79 Å². The predicted octanol–water partition coefficient (Wildman–Crippen LogP) is 2.36. The summed E-state index contributed by atoms with van der Waals surface area (Å²) in [7, 11) is 0. The molecule has 0 bridgehead atoms. The van der Waals surface area contributed by atoms with Gasteiger partial charge in [0.05, 0.1) is 6.10 Å². The van der Waals surface area contributed by atoms with Crippen LogP contribution >= 0.6 is 0 Å². The Kier molecular flexibility index (Phi) is 5.87. The van der Waals surface area contributed by atoms with Crippen LogP contribution in [0.4, 0.5) is 0 Å². The van der Waals surface area contributed by atoms with E-state index in [0.29, 0.717) is 25.6 Å². The summed E-state index contributed by atoms with van der Waals surface area (Å²) in [5, 5.41) is 2.92. The fourth-order valence-corrected chi connectivity index (χ4v) is 2.50. The Morgan fingerprint density at radius 1 is 1.30 bits per heavy atom. The molecule has 0 aromatic heterocycles. The van der Waals surface area contributed by atoms with E-state index in [4.69, 9.17) is 10.5 Å². The molecule has 110 valence electrons. The molecule has 1 aliphatic rings. The zero-order valence-electron chi connectivity index (χ0n) is 11.9. The monoisotopic (exact) mass is 276 g/mol. The van der Waals surface area contributed by atoms with Gasteiger partial charge >= 0.3 is 0 Å². The van der Waals surface area contributed by atoms with Crippen molar-refractivity contribution in [3.8, 4) is 5.75 Å². The lowest BCUT2D eigenvalue weighted by Crippen LogP contribution is -2.24. The summed E-state index contributed by atoms with van der Waals surface area (Å²) in [4.78, 5) is 11.6. The van der Waals surface area contributed by atoms with Gasteiger partial charge in [-0.15, -0.1) is 0 Å². The number of nitrogens with two attached hydrogens (primary N) is 1. The van der Waals surface area contributed by atoms with Gasteiger partial charge < -0.3 is 15.8 Å². The Morgan fingerprint density at radius 3 is 2.80 bits per heavy atom. The minimum atomic E-state index is 0.0473. The van der Waals surface area contributed by atoms with E-state index in [1.54, 1.807) is 0 Å². The maximum Gasteiger partial charge on any atom is 0.220 e. The van der Waals surface area contributed by atoms with Crippen LogP contribution in [0.5, 0.6) is 5.75 Å². The van der Waals surface area contributed by atoms with E-state index >= 15 is 0 Å². The predicted molar refractivity (Wildman–Crippen MR) is 79.5 cm³/mol. The molecule has 1 aromatic rings. The highest BCUT2D eigenvalue weighted by molar-refractivity contribution is 5.75. The number of hydrogen-bond donors (Lipinski definition) is 2. The summed E-state index contributed by atoms with van der Waals surface area (Å²) in [5.74, 6) is 0.949. The van der Waals surface area contributed by atoms with Crippen LogP contribution in [-0.4, -0.2) is 18.6 Å². The highest BCUT2D eigenvalue weighted by Gasteiger charge is 2.17. The van der Waals surface area contributed by atoms with Crippen molar-refractivity contribution in [1.29, 1.82) is 0 Å². The molecular formula is C16H24N2O2. The van der Waals surface area contributed by atoms with E-state index in [9.17, 15) is 4.79 Å². The largest absolute Gasteiger partial charge is 0.490 e. The van der Waals surface area contributed by atoms with Crippen LogP contribution in [0.2, 0.25) is 0 Å². The number of benzene rings is 1. The Balaban J connectivity index is 1.88. The molecule has 1 saturated carbocycles. The van der Waals surface area contributed by atoms with Gasteiger partial charge in [0.1, 0.15) is 5.75 Å². The average Bonchev–Trinajstić information content (AvgIpc) is 2.97. The lowest BCUT2D eigenvalue weighted by Gasteiger charge is -2.16. The van der Waals surface area contributed by atoms with Crippen LogP contribution in [0.3, 0.4) is 0 Å². The van der Waals surface area contributed by atoms with Crippen LogP contribution in [-0.2, 0) is 11.3 Å². The van der Waals surface area contributed by atoms with Gasteiger partial charge in [0.15, 0.2) is 0 Å². The fourth-order valence-electron chi connectivity index (χ4n) is 2.50. The Morgan fingerprint density at radius 2 is 2.05 bits per heavy atom. The van der Waals surface area contributed by atoms with Crippen LogP contribution < -0.4 is 15.8 Å². The van der Waals surface area contributed by atoms with Gasteiger partial charge in [-0.25, -0.2) is 0 Å². The number of amides is 1. The third-order valence-corrected chi connectivity index (χ3v) is 3.65. The number of para-hydroxylation sites is 1. The molecule has 1 fully saturated rings. The van der Waals surface area contributed by atoms with Gasteiger partial charge in [-0.1, -0.05) is 18.2 Å². The molecule has 0 heterocycles. The second-order valence-electron chi connectivity index (χ2n) is 5.30. The molecule has 1 aliphatic carbocycles. The summed E-state index contributed by atoms with van der Waals surface area (Å²) >= 11 is 0. The number of carbonyl (C=O) groups excluding carboxylic acids is 1. The molecular weight excluding hydrogens is 252 g/mol. The molecule has 2 rings (SSSR count). The third-order valence-electron chi connectivity index (χ3n) is 3.65. The molecule has 0 spiro atoms. The average molecular weight is 276 g/mol. The van der Waals surface area contributed by atoms with E-state index in [2.05, 4.69) is 5.32 Å². The topological polar surface area (TPSA) is 64.4 Å². The quantitative estimate of drug-likeness (QED) is 0.803. The van der Waals surface area contributed by atoms with Gasteiger partial charge in [0, 0.05) is 18.5 Å². The second-order valence-corrected chi connectivity index (χ2v) is 5.30. The summed E-state index contributed by atoms with van der Waals surface area (Å²) in [6, 6.07) is 7.94. The lowest BCUT2D eigenvalue weighted by atomic mass is 10.2. The third kappa shape index (κ3) is 4.53. The van der Waals surface area contributed by atoms with Crippen LogP contribution in [0.15, 0.2) is 24.3 Å². The van der Waals surface area contributed by atoms with Crippen molar-refractivity contribution in [3.63, 3.8) is 0 Å². The van der Waals surface area contributed by atoms with Crippen LogP contribution in [0, 0.1) is 0 Å². The number of ether oxygens (including phenoxy) is 1. The zero-order valence-corrected chi connectivity index (χ0v) is 11.9. The first-order valence-corrected chi connectivity index (χ1v) is 7.51. The van der Waals surface area contributed by atoms with Gasteiger partial charge in [0.25, 0.3) is 0 Å². The summed E-state index contributed by atoms with van der Waals surface area (Å²) in [6.07, 6.45) is 6.33. The van der Waals surface area contributed by atoms with E-state index in [1.165, 1.54) is 12.8 Å². The number of nitrogens with one attached hydrogen (secondary N) is 1. The fraction of sp³-hybridized carbons (Fsp3) is 0.562. The van der Waals surface area contributed by atoms with E-state index in [-0.39, 0.29) is 5.91 Å². The van der Waals surface area contributed by atoms with Crippen molar-refractivity contribution >= 4 is 5.91 Å². The van der Waals surface area contributed by atoms with E-state index in [0.717, 1.165) is 30.6 Å². The maximum absolute atomic E-state index is 11.6. The summed E-state index contributed by atoms with van der Waals surface area (Å²) in [5.41, 5.74) is 6.44. The highest BCUT2D eigenvalue weighted by Crippen LogP contribution is 2.26. The molecule has 0 atom stereocenters. The van der Waals surface area contributed by atoms with Gasteiger partial charge in [-0.2, -0.15) is 0 Å². The first-order valence-electron chi connectivity index (χ1n) is 7.51. The van der Waals surface area contributed by atoms with Crippen LogP contribution in [0.25, 0.3) is 0 Å². The molecule has 4 nitrogen and oxygen atoms in total.